The minimum Gasteiger partial charge on any atom is -0.497 e. The predicted molar refractivity (Wildman–Crippen MR) is 58.5 cm³/mol. The molecule has 0 bridgehead atoms. The van der Waals surface area contributed by atoms with E-state index in [1.807, 2.05) is 0 Å². The summed E-state index contributed by atoms with van der Waals surface area (Å²) in [6, 6.07) is 6.77. The second kappa shape index (κ2) is 5.54. The number of hydrogen-bond acceptors (Lipinski definition) is 5. The molecule has 1 aromatic carbocycles. The lowest BCUT2D eigenvalue weighted by atomic mass is 10.2. The number of hydroxylamine groups is 2. The zero-order valence-electron chi connectivity index (χ0n) is 9.12. The molecule has 0 saturated carbocycles. The van der Waals surface area contributed by atoms with Crippen LogP contribution in [-0.4, -0.2) is 23.2 Å². The molecule has 0 aliphatic heterocycles. The number of methoxy groups -OCH3 is 1. The van der Waals surface area contributed by atoms with Gasteiger partial charge in [0.05, 0.1) is 13.7 Å². The highest BCUT2D eigenvalue weighted by molar-refractivity contribution is 5.73. The molecule has 0 unspecified atom stereocenters. The topological polar surface area (TPSA) is 115 Å². The molecule has 8 heteroatoms. The minimum atomic E-state index is -1.02. The van der Waals surface area contributed by atoms with E-state index in [-0.39, 0.29) is 6.54 Å². The van der Waals surface area contributed by atoms with Gasteiger partial charge in [-0.25, -0.2) is 0 Å². The van der Waals surface area contributed by atoms with Crippen molar-refractivity contribution in [1.82, 2.24) is 5.06 Å². The molecular formula is C9H12N4O4. The van der Waals surface area contributed by atoms with Crippen LogP contribution in [0.4, 0.5) is 0 Å². The standard InChI is InChI=1S/C9H12N4O4/c1-16-8-4-2-7(3-5-8)6-12(9(10)11)17-13(14)15/h2-5H,6H2,1H3,(H3,10,11). The first kappa shape index (κ1) is 12.6. The third-order valence-electron chi connectivity index (χ3n) is 1.92. The Kier molecular flexibility index (Phi) is 4.09. The summed E-state index contributed by atoms with van der Waals surface area (Å²) in [5.74, 6) is 0.121. The molecule has 0 aromatic heterocycles. The second-order valence-corrected chi connectivity index (χ2v) is 3.08. The number of nitrogens with one attached hydrogen (secondary N) is 1. The maximum atomic E-state index is 10.2. The first-order chi connectivity index (χ1) is 8.02. The Bertz CT molecular complexity index is 406. The summed E-state index contributed by atoms with van der Waals surface area (Å²) in [6.07, 6.45) is 0. The first-order valence-electron chi connectivity index (χ1n) is 4.60. The van der Waals surface area contributed by atoms with Crippen molar-refractivity contribution >= 4 is 5.96 Å². The van der Waals surface area contributed by atoms with Crippen molar-refractivity contribution in [3.8, 4) is 5.75 Å². The van der Waals surface area contributed by atoms with Gasteiger partial charge in [0.1, 0.15) is 5.75 Å². The molecule has 0 amide bonds. The van der Waals surface area contributed by atoms with Crippen LogP contribution in [0.5, 0.6) is 5.75 Å². The lowest BCUT2D eigenvalue weighted by Crippen LogP contribution is -2.37. The monoisotopic (exact) mass is 240 g/mol. The van der Waals surface area contributed by atoms with Crippen LogP contribution in [0.1, 0.15) is 5.56 Å². The van der Waals surface area contributed by atoms with Crippen molar-refractivity contribution in [2.45, 2.75) is 6.54 Å². The minimum absolute atomic E-state index is 0.000305. The Hall–Kier alpha value is -2.51. The third-order valence-corrected chi connectivity index (χ3v) is 1.92. The third kappa shape index (κ3) is 3.86. The zero-order valence-corrected chi connectivity index (χ0v) is 9.12. The van der Waals surface area contributed by atoms with Gasteiger partial charge in [0, 0.05) is 0 Å². The number of ether oxygens (including phenoxy) is 1. The lowest BCUT2D eigenvalue weighted by molar-refractivity contribution is -0.803. The molecule has 92 valence electrons. The van der Waals surface area contributed by atoms with E-state index in [4.69, 9.17) is 15.9 Å². The molecule has 0 aliphatic carbocycles. The van der Waals surface area contributed by atoms with Gasteiger partial charge >= 0.3 is 5.09 Å². The number of benzene rings is 1. The van der Waals surface area contributed by atoms with Crippen LogP contribution in [0.3, 0.4) is 0 Å². The fourth-order valence-corrected chi connectivity index (χ4v) is 1.14. The quantitative estimate of drug-likeness (QED) is 0.335. The van der Waals surface area contributed by atoms with Crippen molar-refractivity contribution in [3.63, 3.8) is 0 Å². The van der Waals surface area contributed by atoms with Gasteiger partial charge in [-0.2, -0.15) is 10.0 Å². The summed E-state index contributed by atoms with van der Waals surface area (Å²) in [7, 11) is 1.53. The smallest absolute Gasteiger partial charge is 0.317 e. The number of nitrogens with zero attached hydrogens (tertiary/aromatic N) is 2. The van der Waals surface area contributed by atoms with E-state index in [2.05, 4.69) is 4.94 Å². The molecule has 0 saturated heterocycles. The Labute approximate surface area is 97.1 Å². The van der Waals surface area contributed by atoms with Crippen molar-refractivity contribution < 1.29 is 14.8 Å². The molecule has 0 fully saturated rings. The van der Waals surface area contributed by atoms with E-state index in [0.29, 0.717) is 16.4 Å². The van der Waals surface area contributed by atoms with Crippen LogP contribution in [0, 0.1) is 15.5 Å². The van der Waals surface area contributed by atoms with Gasteiger partial charge in [-0.15, -0.1) is 10.1 Å². The SMILES string of the molecule is COc1ccc(CN(O[N+](=O)[O-])C(=N)N)cc1. The fraction of sp³-hybridized carbons (Fsp3) is 0.222. The van der Waals surface area contributed by atoms with E-state index >= 15 is 0 Å². The van der Waals surface area contributed by atoms with Crippen molar-refractivity contribution in [2.75, 3.05) is 7.11 Å². The Morgan fingerprint density at radius 3 is 2.53 bits per heavy atom. The number of nitrogens with two attached hydrogens (primary N) is 1. The average molecular weight is 240 g/mol. The second-order valence-electron chi connectivity index (χ2n) is 3.08. The highest BCUT2D eigenvalue weighted by Gasteiger charge is 2.12. The molecular weight excluding hydrogens is 228 g/mol. The highest BCUT2D eigenvalue weighted by Crippen LogP contribution is 2.13. The Balaban J connectivity index is 2.71. The Morgan fingerprint density at radius 1 is 1.53 bits per heavy atom. The van der Waals surface area contributed by atoms with Gasteiger partial charge in [0.2, 0.25) is 5.96 Å². The average Bonchev–Trinajstić information content (AvgIpc) is 2.28. The summed E-state index contributed by atoms with van der Waals surface area (Å²) in [5, 5.41) is 16.9. The van der Waals surface area contributed by atoms with E-state index in [9.17, 15) is 10.1 Å². The van der Waals surface area contributed by atoms with Gasteiger partial charge in [0.15, 0.2) is 0 Å². The molecule has 17 heavy (non-hydrogen) atoms. The summed E-state index contributed by atoms with van der Waals surface area (Å²) in [6.45, 7) is 0.000305. The van der Waals surface area contributed by atoms with E-state index in [1.54, 1.807) is 24.3 Å². The predicted octanol–water partition coefficient (Wildman–Crippen LogP) is 0.514. The van der Waals surface area contributed by atoms with Crippen LogP contribution < -0.4 is 10.5 Å². The van der Waals surface area contributed by atoms with Crippen molar-refractivity contribution in [1.29, 1.82) is 5.41 Å². The Morgan fingerprint density at radius 2 is 2.12 bits per heavy atom. The van der Waals surface area contributed by atoms with Crippen LogP contribution in [0.15, 0.2) is 24.3 Å². The molecule has 0 spiro atoms. The van der Waals surface area contributed by atoms with Gasteiger partial charge in [-0.05, 0) is 17.7 Å². The van der Waals surface area contributed by atoms with Gasteiger partial charge < -0.3 is 10.5 Å². The summed E-state index contributed by atoms with van der Waals surface area (Å²) in [5.41, 5.74) is 5.84. The number of rotatable bonds is 5. The molecule has 1 rings (SSSR count). The molecule has 1 aromatic rings. The van der Waals surface area contributed by atoms with E-state index in [0.717, 1.165) is 0 Å². The molecule has 3 N–H and O–H groups in total. The van der Waals surface area contributed by atoms with Crippen LogP contribution in [0.2, 0.25) is 0 Å². The number of guanidine groups is 1. The normalized spacial score (nSPS) is 9.47. The van der Waals surface area contributed by atoms with Crippen LogP contribution in [-0.2, 0) is 11.5 Å². The summed E-state index contributed by atoms with van der Waals surface area (Å²) >= 11 is 0. The van der Waals surface area contributed by atoms with Crippen molar-refractivity contribution in [3.05, 3.63) is 39.9 Å². The van der Waals surface area contributed by atoms with E-state index < -0.39 is 11.0 Å². The van der Waals surface area contributed by atoms with E-state index in [1.165, 1.54) is 7.11 Å². The van der Waals surface area contributed by atoms with Crippen LogP contribution in [0.25, 0.3) is 0 Å². The maximum absolute atomic E-state index is 10.2. The molecule has 0 radical (unpaired) electrons. The number of hydrogen-bond donors (Lipinski definition) is 2. The van der Waals surface area contributed by atoms with Gasteiger partial charge in [-0.3, -0.25) is 5.41 Å². The largest absolute Gasteiger partial charge is 0.497 e. The van der Waals surface area contributed by atoms with Gasteiger partial charge in [-0.1, -0.05) is 12.1 Å². The molecule has 8 nitrogen and oxygen atoms in total. The summed E-state index contributed by atoms with van der Waals surface area (Å²) < 4.78 is 4.97. The maximum Gasteiger partial charge on any atom is 0.317 e. The lowest BCUT2D eigenvalue weighted by Gasteiger charge is -2.18. The van der Waals surface area contributed by atoms with Gasteiger partial charge in [0.25, 0.3) is 0 Å². The molecule has 0 aliphatic rings. The summed E-state index contributed by atoms with van der Waals surface area (Å²) in [4.78, 5) is 14.3. The van der Waals surface area contributed by atoms with Crippen molar-refractivity contribution in [2.24, 2.45) is 5.73 Å². The molecule has 0 heterocycles. The molecule has 0 atom stereocenters. The van der Waals surface area contributed by atoms with Crippen LogP contribution >= 0.6 is 0 Å². The highest BCUT2D eigenvalue weighted by atomic mass is 17.0. The first-order valence-corrected chi connectivity index (χ1v) is 4.60. The fourth-order valence-electron chi connectivity index (χ4n) is 1.14. The zero-order chi connectivity index (χ0) is 12.8.